The zero-order valence-electron chi connectivity index (χ0n) is 11.8. The maximum Gasteiger partial charge on any atom is 0.230 e. The van der Waals surface area contributed by atoms with Gasteiger partial charge >= 0.3 is 0 Å². The summed E-state index contributed by atoms with van der Waals surface area (Å²) < 4.78 is 5.33. The Morgan fingerprint density at radius 1 is 1.60 bits per heavy atom. The van der Waals surface area contributed by atoms with Gasteiger partial charge in [0.1, 0.15) is 0 Å². The lowest BCUT2D eigenvalue weighted by atomic mass is 10.0. The molecule has 0 aromatic carbocycles. The molecule has 1 saturated heterocycles. The summed E-state index contributed by atoms with van der Waals surface area (Å²) in [5.74, 6) is 1.10. The SMILES string of the molecule is Cc1ccnc(SCC(=O)NCCC[C@@H]2CCOC2)n1. The Morgan fingerprint density at radius 2 is 2.50 bits per heavy atom. The number of nitrogens with one attached hydrogen (secondary N) is 1. The molecule has 0 spiro atoms. The number of aryl methyl sites for hydroxylation is 1. The summed E-state index contributed by atoms with van der Waals surface area (Å²) in [6, 6.07) is 1.84. The van der Waals surface area contributed by atoms with Crippen LogP contribution in [0.5, 0.6) is 0 Å². The van der Waals surface area contributed by atoms with Crippen LogP contribution in [-0.2, 0) is 9.53 Å². The van der Waals surface area contributed by atoms with Crippen molar-refractivity contribution in [2.75, 3.05) is 25.5 Å². The number of thioether (sulfide) groups is 1. The number of hydrogen-bond acceptors (Lipinski definition) is 5. The van der Waals surface area contributed by atoms with Gasteiger partial charge in [-0.2, -0.15) is 0 Å². The van der Waals surface area contributed by atoms with Crippen molar-refractivity contribution in [2.45, 2.75) is 31.3 Å². The average molecular weight is 295 g/mol. The molecule has 2 heterocycles. The predicted molar refractivity (Wildman–Crippen MR) is 78.7 cm³/mol. The van der Waals surface area contributed by atoms with Crippen LogP contribution >= 0.6 is 11.8 Å². The van der Waals surface area contributed by atoms with E-state index in [1.807, 2.05) is 13.0 Å². The van der Waals surface area contributed by atoms with Crippen LogP contribution in [0.3, 0.4) is 0 Å². The first-order valence-electron chi connectivity index (χ1n) is 7.01. The minimum Gasteiger partial charge on any atom is -0.381 e. The summed E-state index contributed by atoms with van der Waals surface area (Å²) in [7, 11) is 0. The summed E-state index contributed by atoms with van der Waals surface area (Å²) in [6.45, 7) is 4.43. The molecule has 0 radical (unpaired) electrons. The molecule has 0 saturated carbocycles. The lowest BCUT2D eigenvalue weighted by Gasteiger charge is -2.08. The van der Waals surface area contributed by atoms with Crippen molar-refractivity contribution < 1.29 is 9.53 Å². The summed E-state index contributed by atoms with van der Waals surface area (Å²) >= 11 is 1.37. The van der Waals surface area contributed by atoms with Gasteiger partial charge < -0.3 is 10.1 Å². The molecule has 5 nitrogen and oxygen atoms in total. The van der Waals surface area contributed by atoms with Gasteiger partial charge in [-0.1, -0.05) is 11.8 Å². The van der Waals surface area contributed by atoms with Crippen molar-refractivity contribution in [3.8, 4) is 0 Å². The number of hydrogen-bond donors (Lipinski definition) is 1. The van der Waals surface area contributed by atoms with E-state index >= 15 is 0 Å². The first-order chi connectivity index (χ1) is 9.74. The van der Waals surface area contributed by atoms with E-state index < -0.39 is 0 Å². The van der Waals surface area contributed by atoms with Crippen molar-refractivity contribution in [1.29, 1.82) is 0 Å². The van der Waals surface area contributed by atoms with Gasteiger partial charge in [-0.3, -0.25) is 4.79 Å². The monoisotopic (exact) mass is 295 g/mol. The summed E-state index contributed by atoms with van der Waals surface area (Å²) in [5, 5.41) is 3.59. The standard InChI is InChI=1S/C14H21N3O2S/c1-11-4-7-16-14(17-11)20-10-13(18)15-6-2-3-12-5-8-19-9-12/h4,7,12H,2-3,5-6,8-10H2,1H3,(H,15,18)/t12-/m1/s1. The molecule has 0 unspecified atom stereocenters. The third-order valence-electron chi connectivity index (χ3n) is 3.24. The maximum absolute atomic E-state index is 11.7. The molecule has 1 aromatic rings. The van der Waals surface area contributed by atoms with Crippen molar-refractivity contribution in [3.05, 3.63) is 18.0 Å². The smallest absolute Gasteiger partial charge is 0.230 e. The van der Waals surface area contributed by atoms with Crippen LogP contribution in [-0.4, -0.2) is 41.4 Å². The highest BCUT2D eigenvalue weighted by Crippen LogP contribution is 2.17. The molecule has 6 heteroatoms. The molecule has 1 fully saturated rings. The second-order valence-corrected chi connectivity index (χ2v) is 5.93. The van der Waals surface area contributed by atoms with Gasteiger partial charge in [0.2, 0.25) is 5.91 Å². The molecule has 1 N–H and O–H groups in total. The second-order valence-electron chi connectivity index (χ2n) is 4.99. The van der Waals surface area contributed by atoms with Crippen LogP contribution in [0.1, 0.15) is 25.0 Å². The molecule has 1 aliphatic heterocycles. The van der Waals surface area contributed by atoms with Crippen LogP contribution in [0.25, 0.3) is 0 Å². The predicted octanol–water partition coefficient (Wildman–Crippen LogP) is 1.81. The maximum atomic E-state index is 11.7. The minimum atomic E-state index is 0.0442. The molecule has 110 valence electrons. The molecule has 1 aliphatic rings. The molecular formula is C14H21N3O2S. The number of nitrogens with zero attached hydrogens (tertiary/aromatic N) is 2. The normalized spacial score (nSPS) is 18.1. The number of rotatable bonds is 7. The van der Waals surface area contributed by atoms with Crippen LogP contribution in [0.2, 0.25) is 0 Å². The van der Waals surface area contributed by atoms with E-state index in [9.17, 15) is 4.79 Å². The Hall–Kier alpha value is -1.14. The van der Waals surface area contributed by atoms with Gasteiger partial charge in [0.15, 0.2) is 5.16 Å². The Bertz CT molecular complexity index is 436. The van der Waals surface area contributed by atoms with Crippen molar-refractivity contribution in [3.63, 3.8) is 0 Å². The molecule has 2 rings (SSSR count). The summed E-state index contributed by atoms with van der Waals surface area (Å²) in [5.41, 5.74) is 0.918. The number of aromatic nitrogens is 2. The number of carbonyl (C=O) groups excluding carboxylic acids is 1. The first kappa shape index (κ1) is 15.3. The van der Waals surface area contributed by atoms with Gasteiger partial charge in [0, 0.05) is 31.6 Å². The summed E-state index contributed by atoms with van der Waals surface area (Å²) in [6.07, 6.45) is 5.03. The second kappa shape index (κ2) is 8.21. The highest BCUT2D eigenvalue weighted by Gasteiger charge is 2.14. The molecule has 1 atom stereocenters. The van der Waals surface area contributed by atoms with E-state index in [1.54, 1.807) is 6.20 Å². The quantitative estimate of drug-likeness (QED) is 0.472. The zero-order valence-corrected chi connectivity index (χ0v) is 12.6. The molecule has 0 aliphatic carbocycles. The minimum absolute atomic E-state index is 0.0442. The van der Waals surface area contributed by atoms with Crippen LogP contribution in [0.15, 0.2) is 17.4 Å². The summed E-state index contributed by atoms with van der Waals surface area (Å²) in [4.78, 5) is 20.1. The van der Waals surface area contributed by atoms with E-state index in [0.717, 1.165) is 44.7 Å². The van der Waals surface area contributed by atoms with Crippen LogP contribution in [0, 0.1) is 12.8 Å². The van der Waals surface area contributed by atoms with Crippen LogP contribution < -0.4 is 5.32 Å². The van der Waals surface area contributed by atoms with Gasteiger partial charge in [-0.25, -0.2) is 9.97 Å². The topological polar surface area (TPSA) is 64.1 Å². The van der Waals surface area contributed by atoms with E-state index in [1.165, 1.54) is 11.8 Å². The highest BCUT2D eigenvalue weighted by molar-refractivity contribution is 7.99. The largest absolute Gasteiger partial charge is 0.381 e. The average Bonchev–Trinajstić information content (AvgIpc) is 2.95. The van der Waals surface area contributed by atoms with Crippen molar-refractivity contribution in [1.82, 2.24) is 15.3 Å². The first-order valence-corrected chi connectivity index (χ1v) is 7.99. The molecule has 0 bridgehead atoms. The van der Waals surface area contributed by atoms with E-state index in [2.05, 4.69) is 15.3 Å². The number of ether oxygens (including phenoxy) is 1. The van der Waals surface area contributed by atoms with E-state index in [0.29, 0.717) is 16.8 Å². The molecule has 20 heavy (non-hydrogen) atoms. The van der Waals surface area contributed by atoms with Gasteiger partial charge in [-0.15, -0.1) is 0 Å². The highest BCUT2D eigenvalue weighted by atomic mass is 32.2. The van der Waals surface area contributed by atoms with Gasteiger partial charge in [0.05, 0.1) is 5.75 Å². The fraction of sp³-hybridized carbons (Fsp3) is 0.643. The molecule has 1 amide bonds. The van der Waals surface area contributed by atoms with Crippen LogP contribution in [0.4, 0.5) is 0 Å². The third-order valence-corrected chi connectivity index (χ3v) is 4.10. The fourth-order valence-electron chi connectivity index (χ4n) is 2.11. The third kappa shape index (κ3) is 5.46. The Morgan fingerprint density at radius 3 is 3.25 bits per heavy atom. The zero-order chi connectivity index (χ0) is 14.2. The number of amides is 1. The Labute approximate surface area is 123 Å². The van der Waals surface area contributed by atoms with E-state index in [-0.39, 0.29) is 5.91 Å². The number of carbonyl (C=O) groups is 1. The van der Waals surface area contributed by atoms with Crippen molar-refractivity contribution in [2.24, 2.45) is 5.92 Å². The molecular weight excluding hydrogens is 274 g/mol. The Balaban J connectivity index is 1.56. The lowest BCUT2D eigenvalue weighted by molar-refractivity contribution is -0.118. The van der Waals surface area contributed by atoms with Crippen molar-refractivity contribution >= 4 is 17.7 Å². The lowest BCUT2D eigenvalue weighted by Crippen LogP contribution is -2.26. The van der Waals surface area contributed by atoms with E-state index in [4.69, 9.17) is 4.74 Å². The fourth-order valence-corrected chi connectivity index (χ4v) is 2.81. The van der Waals surface area contributed by atoms with Gasteiger partial charge in [0.25, 0.3) is 0 Å². The van der Waals surface area contributed by atoms with Gasteiger partial charge in [-0.05, 0) is 38.2 Å². The Kier molecular flexibility index (Phi) is 6.26. The molecule has 1 aromatic heterocycles.